The van der Waals surface area contributed by atoms with E-state index in [2.05, 4.69) is 20.5 Å². The Bertz CT molecular complexity index is 909. The van der Waals surface area contributed by atoms with E-state index in [0.717, 1.165) is 18.7 Å². The highest BCUT2D eigenvalue weighted by Crippen LogP contribution is 2.29. The minimum Gasteiger partial charge on any atom is -0.324 e. The van der Waals surface area contributed by atoms with Gasteiger partial charge in [0.15, 0.2) is 0 Å². The summed E-state index contributed by atoms with van der Waals surface area (Å²) in [5.41, 5.74) is 1.15. The average Bonchev–Trinajstić information content (AvgIpc) is 3.20. The van der Waals surface area contributed by atoms with Gasteiger partial charge in [-0.1, -0.05) is 0 Å². The number of piperidine rings is 1. The maximum absolute atomic E-state index is 13.1. The van der Waals surface area contributed by atoms with E-state index >= 15 is 0 Å². The van der Waals surface area contributed by atoms with Crippen LogP contribution >= 0.6 is 12.4 Å². The van der Waals surface area contributed by atoms with E-state index in [1.54, 1.807) is 42.9 Å². The third kappa shape index (κ3) is 4.65. The molecule has 28 heavy (non-hydrogen) atoms. The molecule has 2 heterocycles. The number of anilines is 2. The number of nitrogens with one attached hydrogen (secondary N) is 3. The quantitative estimate of drug-likeness (QED) is 0.654. The molecule has 0 atom stereocenters. The van der Waals surface area contributed by atoms with Gasteiger partial charge in [-0.15, -0.1) is 12.4 Å². The Kier molecular flexibility index (Phi) is 7.08. The number of hydrogen-bond acceptors (Lipinski definition) is 5. The summed E-state index contributed by atoms with van der Waals surface area (Å²) in [6.07, 6.45) is 4.79. The molecule has 154 valence electrons. The summed E-state index contributed by atoms with van der Waals surface area (Å²) in [6.45, 7) is 4.87. The number of amides is 1. The predicted molar refractivity (Wildman–Crippen MR) is 112 cm³/mol. The monoisotopic (exact) mass is 427 g/mol. The number of hydrogen-bond donors (Lipinski definition) is 3. The van der Waals surface area contributed by atoms with Gasteiger partial charge in [0.25, 0.3) is 5.91 Å². The number of rotatable bonds is 6. The number of carbonyl (C=O) groups excluding carboxylic acids is 1. The molecule has 0 spiro atoms. The summed E-state index contributed by atoms with van der Waals surface area (Å²) >= 11 is 0. The topological polar surface area (TPSA) is 105 Å². The smallest absolute Gasteiger partial charge is 0.252 e. The Labute approximate surface area is 171 Å². The van der Waals surface area contributed by atoms with Crippen LogP contribution in [-0.2, 0) is 20.4 Å². The lowest BCUT2D eigenvalue weighted by atomic mass is 9.87. The van der Waals surface area contributed by atoms with Crippen LogP contribution in [0.5, 0.6) is 0 Å². The van der Waals surface area contributed by atoms with Crippen molar-refractivity contribution in [3.8, 4) is 0 Å². The van der Waals surface area contributed by atoms with Gasteiger partial charge in [0.1, 0.15) is 5.54 Å². The highest BCUT2D eigenvalue weighted by atomic mass is 35.5. The van der Waals surface area contributed by atoms with Crippen LogP contribution in [0.2, 0.25) is 0 Å². The minimum atomic E-state index is -3.34. The highest BCUT2D eigenvalue weighted by molar-refractivity contribution is 7.92. The largest absolute Gasteiger partial charge is 0.324 e. The number of halogens is 1. The van der Waals surface area contributed by atoms with Crippen molar-refractivity contribution >= 4 is 39.7 Å². The van der Waals surface area contributed by atoms with Crippen molar-refractivity contribution in [3.63, 3.8) is 0 Å². The van der Waals surface area contributed by atoms with Gasteiger partial charge in [0.05, 0.1) is 11.4 Å². The lowest BCUT2D eigenvalue weighted by molar-refractivity contribution is -0.126. The Morgan fingerprint density at radius 1 is 1.32 bits per heavy atom. The van der Waals surface area contributed by atoms with Gasteiger partial charge >= 0.3 is 0 Å². The van der Waals surface area contributed by atoms with Gasteiger partial charge in [-0.2, -0.15) is 5.10 Å². The maximum Gasteiger partial charge on any atom is 0.252 e. The Morgan fingerprint density at radius 3 is 2.61 bits per heavy atom. The molecule has 0 aliphatic carbocycles. The van der Waals surface area contributed by atoms with Crippen LogP contribution in [0, 0.1) is 6.92 Å². The number of nitrogens with zero attached hydrogens (tertiary/aromatic N) is 2. The van der Waals surface area contributed by atoms with Crippen molar-refractivity contribution in [1.29, 1.82) is 0 Å². The summed E-state index contributed by atoms with van der Waals surface area (Å²) in [5, 5.41) is 10.6. The second-order valence-electron chi connectivity index (χ2n) is 6.72. The first-order chi connectivity index (χ1) is 12.9. The number of sulfonamides is 1. The Balaban J connectivity index is 0.00000280. The van der Waals surface area contributed by atoms with Crippen molar-refractivity contribution in [2.24, 2.45) is 0 Å². The molecule has 1 aromatic heterocycles. The molecule has 1 fully saturated rings. The Hall–Kier alpha value is -2.10. The first kappa shape index (κ1) is 22.2. The van der Waals surface area contributed by atoms with E-state index in [1.807, 2.05) is 12.3 Å². The fourth-order valence-electron chi connectivity index (χ4n) is 3.27. The molecule has 1 aromatic carbocycles. The first-order valence-electron chi connectivity index (χ1n) is 9.00. The summed E-state index contributed by atoms with van der Waals surface area (Å²) in [6, 6.07) is 6.95. The molecule has 1 saturated heterocycles. The third-order valence-corrected chi connectivity index (χ3v) is 6.22. The van der Waals surface area contributed by atoms with E-state index in [4.69, 9.17) is 0 Å². The summed E-state index contributed by atoms with van der Waals surface area (Å²) in [5.74, 6) is -0.111. The van der Waals surface area contributed by atoms with Crippen LogP contribution in [0.3, 0.4) is 0 Å². The zero-order valence-electron chi connectivity index (χ0n) is 15.9. The number of aryl methyl sites for hydroxylation is 1. The molecule has 0 unspecified atom stereocenters. The zero-order chi connectivity index (χ0) is 19.5. The van der Waals surface area contributed by atoms with E-state index in [9.17, 15) is 13.2 Å². The predicted octanol–water partition coefficient (Wildman–Crippen LogP) is 2.09. The number of carbonyl (C=O) groups is 1. The van der Waals surface area contributed by atoms with Crippen LogP contribution in [0.15, 0.2) is 36.7 Å². The molecule has 3 N–H and O–H groups in total. The molecule has 0 saturated carbocycles. The zero-order valence-corrected chi connectivity index (χ0v) is 17.6. The van der Waals surface area contributed by atoms with Gasteiger partial charge in [-0.25, -0.2) is 8.42 Å². The van der Waals surface area contributed by atoms with Crippen LogP contribution < -0.4 is 15.4 Å². The van der Waals surface area contributed by atoms with Crippen molar-refractivity contribution in [3.05, 3.63) is 42.2 Å². The fourth-order valence-corrected chi connectivity index (χ4v) is 3.97. The molecule has 2 aromatic rings. The molecule has 1 aliphatic heterocycles. The first-order valence-corrected chi connectivity index (χ1v) is 10.6. The molecule has 1 aliphatic rings. The van der Waals surface area contributed by atoms with Gasteiger partial charge in [0.2, 0.25) is 10.0 Å². The van der Waals surface area contributed by atoms with Gasteiger partial charge in [-0.05, 0) is 69.6 Å². The molecule has 0 radical (unpaired) electrons. The van der Waals surface area contributed by atoms with Crippen LogP contribution in [-0.4, -0.2) is 42.9 Å². The lowest BCUT2D eigenvalue weighted by Crippen LogP contribution is -2.52. The van der Waals surface area contributed by atoms with Crippen molar-refractivity contribution in [2.45, 2.75) is 32.2 Å². The van der Waals surface area contributed by atoms with Crippen LogP contribution in [0.1, 0.15) is 25.3 Å². The second-order valence-corrected chi connectivity index (χ2v) is 8.73. The summed E-state index contributed by atoms with van der Waals surface area (Å²) < 4.78 is 27.8. The lowest BCUT2D eigenvalue weighted by Gasteiger charge is -2.36. The van der Waals surface area contributed by atoms with E-state index < -0.39 is 15.6 Å². The van der Waals surface area contributed by atoms with Crippen molar-refractivity contribution in [2.75, 3.05) is 28.9 Å². The standard InChI is InChI=1S/C18H25N5O3S.ClH/c1-3-27(25,26)22-16-6-5-15(13-14(16)2)21-17(24)18(7-10-19-11-8-18)23-12-4-9-20-23;/h4-6,9,12-13,19,22H,3,7-8,10-11H2,1-2H3,(H,21,24);1H. The molecule has 0 bridgehead atoms. The number of benzene rings is 1. The summed E-state index contributed by atoms with van der Waals surface area (Å²) in [4.78, 5) is 13.1. The van der Waals surface area contributed by atoms with Crippen LogP contribution in [0.4, 0.5) is 11.4 Å². The van der Waals surface area contributed by atoms with Crippen molar-refractivity contribution < 1.29 is 13.2 Å². The fraction of sp³-hybridized carbons (Fsp3) is 0.444. The van der Waals surface area contributed by atoms with E-state index in [1.165, 1.54) is 0 Å². The van der Waals surface area contributed by atoms with E-state index in [0.29, 0.717) is 24.2 Å². The summed E-state index contributed by atoms with van der Waals surface area (Å²) in [7, 11) is -3.34. The SMILES string of the molecule is CCS(=O)(=O)Nc1ccc(NC(=O)C2(n3cccn3)CCNCC2)cc1C.Cl. The Morgan fingerprint density at radius 2 is 2.04 bits per heavy atom. The molecular formula is C18H26ClN5O3S. The van der Waals surface area contributed by atoms with E-state index in [-0.39, 0.29) is 24.1 Å². The molecule has 3 rings (SSSR count). The molecule has 1 amide bonds. The number of aromatic nitrogens is 2. The average molecular weight is 428 g/mol. The van der Waals surface area contributed by atoms with Gasteiger partial charge in [0, 0.05) is 18.1 Å². The second kappa shape index (κ2) is 8.93. The van der Waals surface area contributed by atoms with Crippen LogP contribution in [0.25, 0.3) is 0 Å². The van der Waals surface area contributed by atoms with Crippen molar-refractivity contribution in [1.82, 2.24) is 15.1 Å². The van der Waals surface area contributed by atoms with Gasteiger partial charge < -0.3 is 10.6 Å². The molecule has 8 nitrogen and oxygen atoms in total. The third-order valence-electron chi connectivity index (χ3n) is 4.93. The minimum absolute atomic E-state index is 0. The highest BCUT2D eigenvalue weighted by Gasteiger charge is 2.42. The molecular weight excluding hydrogens is 402 g/mol. The normalized spacial score (nSPS) is 16.1. The maximum atomic E-state index is 13.1. The van der Waals surface area contributed by atoms with Gasteiger partial charge in [-0.3, -0.25) is 14.2 Å². The molecule has 10 heteroatoms.